The molecular weight excluding hydrogens is 400 g/mol. The number of aliphatic imine (C=N–C) groups is 1. The molecule has 2 aromatic carbocycles. The highest BCUT2D eigenvalue weighted by Gasteiger charge is 2.25. The number of benzene rings is 2. The molecule has 1 saturated carbocycles. The maximum absolute atomic E-state index is 6.27. The van der Waals surface area contributed by atoms with E-state index in [1.807, 2.05) is 19.1 Å². The summed E-state index contributed by atoms with van der Waals surface area (Å²) in [6.07, 6.45) is 4.96. The van der Waals surface area contributed by atoms with E-state index >= 15 is 0 Å². The van der Waals surface area contributed by atoms with Crippen molar-refractivity contribution in [2.75, 3.05) is 6.61 Å². The molecule has 164 valence electrons. The Hall–Kier alpha value is -3.25. The second kappa shape index (κ2) is 8.71. The van der Waals surface area contributed by atoms with Crippen LogP contribution in [0.5, 0.6) is 11.5 Å². The quantitative estimate of drug-likeness (QED) is 0.601. The highest BCUT2D eigenvalue weighted by molar-refractivity contribution is 6.01. The number of rotatable bonds is 6. The molecule has 0 saturated heterocycles. The Kier molecular flexibility index (Phi) is 5.62. The first kappa shape index (κ1) is 20.6. The number of hydroxylamine groups is 1. The van der Waals surface area contributed by atoms with Crippen LogP contribution in [0.25, 0.3) is 0 Å². The molecule has 0 amide bonds. The van der Waals surface area contributed by atoms with Crippen LogP contribution in [0.2, 0.25) is 0 Å². The second-order valence-corrected chi connectivity index (χ2v) is 8.79. The van der Waals surface area contributed by atoms with Crippen LogP contribution in [-0.2, 0) is 11.3 Å². The molecule has 0 spiro atoms. The van der Waals surface area contributed by atoms with Crippen molar-refractivity contribution < 1.29 is 9.57 Å². The summed E-state index contributed by atoms with van der Waals surface area (Å²) in [7, 11) is 0. The second-order valence-electron chi connectivity index (χ2n) is 8.79. The molecule has 0 radical (unpaired) electrons. The van der Waals surface area contributed by atoms with Gasteiger partial charge in [0.2, 0.25) is 0 Å². The van der Waals surface area contributed by atoms with Gasteiger partial charge < -0.3 is 4.74 Å². The molecule has 1 aromatic heterocycles. The van der Waals surface area contributed by atoms with Crippen LogP contribution in [0.1, 0.15) is 52.3 Å². The normalized spacial score (nSPS) is 18.1. The third-order valence-electron chi connectivity index (χ3n) is 6.16. The Labute approximate surface area is 188 Å². The van der Waals surface area contributed by atoms with Crippen molar-refractivity contribution >= 4 is 5.84 Å². The third kappa shape index (κ3) is 4.50. The monoisotopic (exact) mass is 428 g/mol. The van der Waals surface area contributed by atoms with Gasteiger partial charge in [-0.2, -0.15) is 10.2 Å². The van der Waals surface area contributed by atoms with Gasteiger partial charge in [0, 0.05) is 0 Å². The topological polar surface area (TPSA) is 68.6 Å². The zero-order valence-electron chi connectivity index (χ0n) is 18.8. The standard InChI is InChI=1S/C26H28N4O2/c1-16-7-8-19(11-17(16)2)12-22-15-31-30-26(28-22)25-18(3)29-27-14-24(25)32-23-6-4-5-21(13-23)20-9-10-20/h4-8,11,13-14,20,22H,9-10,12,15H2,1-3H3,(H,28,30)/t22-/m1/s1. The molecule has 2 aliphatic rings. The van der Waals surface area contributed by atoms with Gasteiger partial charge in [-0.1, -0.05) is 30.3 Å². The Morgan fingerprint density at radius 1 is 1.06 bits per heavy atom. The molecule has 1 aliphatic carbocycles. The molecule has 2 heterocycles. The predicted octanol–water partition coefficient (Wildman–Crippen LogP) is 4.96. The minimum atomic E-state index is 0.00645. The Balaban J connectivity index is 1.42. The Morgan fingerprint density at radius 2 is 1.94 bits per heavy atom. The van der Waals surface area contributed by atoms with Gasteiger partial charge in [-0.05, 0) is 80.3 Å². The zero-order valence-corrected chi connectivity index (χ0v) is 18.8. The molecule has 0 unspecified atom stereocenters. The minimum Gasteiger partial charge on any atom is -0.455 e. The lowest BCUT2D eigenvalue weighted by atomic mass is 10.0. The van der Waals surface area contributed by atoms with Gasteiger partial charge in [0.1, 0.15) is 5.75 Å². The van der Waals surface area contributed by atoms with Gasteiger partial charge in [0.05, 0.1) is 30.1 Å². The number of aryl methyl sites for hydroxylation is 3. The number of aromatic nitrogens is 2. The average molecular weight is 429 g/mol. The average Bonchev–Trinajstić information content (AvgIpc) is 3.63. The number of amidine groups is 1. The van der Waals surface area contributed by atoms with E-state index in [-0.39, 0.29) is 6.04 Å². The van der Waals surface area contributed by atoms with Crippen molar-refractivity contribution in [2.45, 2.75) is 52.0 Å². The summed E-state index contributed by atoms with van der Waals surface area (Å²) in [5.74, 6) is 2.71. The van der Waals surface area contributed by atoms with Crippen molar-refractivity contribution in [1.29, 1.82) is 0 Å². The lowest BCUT2D eigenvalue weighted by molar-refractivity contribution is 0.0623. The summed E-state index contributed by atoms with van der Waals surface area (Å²) in [5.41, 5.74) is 9.67. The maximum atomic E-state index is 6.27. The van der Waals surface area contributed by atoms with E-state index in [1.54, 1.807) is 6.20 Å². The number of nitrogens with one attached hydrogen (secondary N) is 1. The largest absolute Gasteiger partial charge is 0.455 e. The molecule has 0 bridgehead atoms. The molecule has 32 heavy (non-hydrogen) atoms. The van der Waals surface area contributed by atoms with Gasteiger partial charge in [-0.15, -0.1) is 0 Å². The van der Waals surface area contributed by atoms with Crippen molar-refractivity contribution in [3.63, 3.8) is 0 Å². The molecule has 6 heteroatoms. The fourth-order valence-corrected chi connectivity index (χ4v) is 4.08. The smallest absolute Gasteiger partial charge is 0.160 e. The molecule has 5 rings (SSSR count). The van der Waals surface area contributed by atoms with Crippen LogP contribution in [0, 0.1) is 20.8 Å². The van der Waals surface area contributed by atoms with Crippen LogP contribution >= 0.6 is 0 Å². The molecule has 1 atom stereocenters. The molecule has 1 aliphatic heterocycles. The van der Waals surface area contributed by atoms with Gasteiger partial charge in [-0.25, -0.2) is 5.48 Å². The van der Waals surface area contributed by atoms with Crippen molar-refractivity contribution in [2.24, 2.45) is 4.99 Å². The van der Waals surface area contributed by atoms with Gasteiger partial charge >= 0.3 is 0 Å². The van der Waals surface area contributed by atoms with Gasteiger partial charge in [-0.3, -0.25) is 9.83 Å². The fourth-order valence-electron chi connectivity index (χ4n) is 4.08. The van der Waals surface area contributed by atoms with E-state index in [4.69, 9.17) is 14.6 Å². The number of hydrogen-bond donors (Lipinski definition) is 1. The van der Waals surface area contributed by atoms with Crippen LogP contribution in [-0.4, -0.2) is 28.7 Å². The lowest BCUT2D eigenvalue weighted by Crippen LogP contribution is -2.37. The summed E-state index contributed by atoms with van der Waals surface area (Å²) < 4.78 is 6.27. The van der Waals surface area contributed by atoms with Crippen molar-refractivity contribution in [3.05, 3.63) is 82.2 Å². The van der Waals surface area contributed by atoms with Crippen LogP contribution < -0.4 is 10.2 Å². The third-order valence-corrected chi connectivity index (χ3v) is 6.16. The number of nitrogens with zero attached hydrogens (tertiary/aromatic N) is 3. The molecule has 6 nitrogen and oxygen atoms in total. The molecule has 3 aromatic rings. The van der Waals surface area contributed by atoms with E-state index in [0.717, 1.165) is 23.4 Å². The summed E-state index contributed by atoms with van der Waals surface area (Å²) in [6.45, 7) is 6.69. The number of hydrogen-bond acceptors (Lipinski definition) is 6. The van der Waals surface area contributed by atoms with Gasteiger partial charge in [0.25, 0.3) is 0 Å². The van der Waals surface area contributed by atoms with E-state index in [9.17, 15) is 0 Å². The van der Waals surface area contributed by atoms with E-state index in [1.165, 1.54) is 35.1 Å². The van der Waals surface area contributed by atoms with E-state index < -0.39 is 0 Å². The lowest BCUT2D eigenvalue weighted by Gasteiger charge is -2.24. The highest BCUT2D eigenvalue weighted by Crippen LogP contribution is 2.41. The minimum absolute atomic E-state index is 0.00645. The van der Waals surface area contributed by atoms with Crippen molar-refractivity contribution in [1.82, 2.24) is 15.7 Å². The van der Waals surface area contributed by atoms with Crippen LogP contribution in [0.15, 0.2) is 53.7 Å². The first-order valence-electron chi connectivity index (χ1n) is 11.2. The molecule has 1 N–H and O–H groups in total. The number of ether oxygens (including phenoxy) is 1. The predicted molar refractivity (Wildman–Crippen MR) is 124 cm³/mol. The molecule has 1 fully saturated rings. The molecular formula is C26H28N4O2. The first-order valence-corrected chi connectivity index (χ1v) is 11.2. The van der Waals surface area contributed by atoms with E-state index in [0.29, 0.717) is 24.1 Å². The van der Waals surface area contributed by atoms with Crippen molar-refractivity contribution in [3.8, 4) is 11.5 Å². The summed E-state index contributed by atoms with van der Waals surface area (Å²) in [4.78, 5) is 10.7. The van der Waals surface area contributed by atoms with Gasteiger partial charge in [0.15, 0.2) is 11.6 Å². The summed E-state index contributed by atoms with van der Waals surface area (Å²) >= 11 is 0. The Bertz CT molecular complexity index is 1170. The summed E-state index contributed by atoms with van der Waals surface area (Å²) in [6, 6.07) is 14.9. The van der Waals surface area contributed by atoms with E-state index in [2.05, 4.69) is 59.9 Å². The highest BCUT2D eigenvalue weighted by atomic mass is 16.6. The first-order chi connectivity index (χ1) is 15.6. The summed E-state index contributed by atoms with van der Waals surface area (Å²) in [5, 5.41) is 8.35. The zero-order chi connectivity index (χ0) is 22.1. The van der Waals surface area contributed by atoms with Crippen LogP contribution in [0.4, 0.5) is 0 Å². The fraction of sp³-hybridized carbons (Fsp3) is 0.346. The SMILES string of the molecule is Cc1ccc(C[C@@H]2CONC(c3c(Oc4cccc(C5CC5)c4)cnnc3C)=N2)cc1C. The Morgan fingerprint density at radius 3 is 2.75 bits per heavy atom. The van der Waals surface area contributed by atoms with Crippen LogP contribution in [0.3, 0.4) is 0 Å². The maximum Gasteiger partial charge on any atom is 0.160 e.